The highest BCUT2D eigenvalue weighted by Crippen LogP contribution is 2.19. The number of ether oxygens (including phenoxy) is 2. The van der Waals surface area contributed by atoms with Crippen molar-refractivity contribution in [1.82, 2.24) is 15.2 Å². The van der Waals surface area contributed by atoms with Gasteiger partial charge in [-0.25, -0.2) is 4.98 Å². The number of hydrogen-bond acceptors (Lipinski definition) is 5. The molecule has 3 rings (SSSR count). The molecule has 0 aliphatic carbocycles. The van der Waals surface area contributed by atoms with E-state index in [0.29, 0.717) is 17.2 Å². The molecule has 6 nitrogen and oxygen atoms in total. The van der Waals surface area contributed by atoms with Crippen molar-refractivity contribution in [2.24, 2.45) is 0 Å². The normalized spacial score (nSPS) is 16.2. The van der Waals surface area contributed by atoms with Crippen molar-refractivity contribution in [2.45, 2.75) is 13.0 Å². The van der Waals surface area contributed by atoms with Crippen molar-refractivity contribution < 1.29 is 14.3 Å². The van der Waals surface area contributed by atoms with Gasteiger partial charge in [0.2, 0.25) is 5.88 Å². The second-order valence-electron chi connectivity index (χ2n) is 6.09. The number of benzene rings is 1. The summed E-state index contributed by atoms with van der Waals surface area (Å²) < 4.78 is 11.0. The van der Waals surface area contributed by atoms with E-state index in [2.05, 4.69) is 15.2 Å². The van der Waals surface area contributed by atoms with Crippen molar-refractivity contribution in [2.75, 3.05) is 32.8 Å². The van der Waals surface area contributed by atoms with Gasteiger partial charge in [0, 0.05) is 43.5 Å². The Balaban J connectivity index is 1.57. The molecule has 2 aromatic rings. The van der Waals surface area contributed by atoms with Crippen LogP contribution in [-0.4, -0.2) is 54.7 Å². The molecular weight excluding hydrogens is 318 g/mol. The lowest BCUT2D eigenvalue weighted by Crippen LogP contribution is -2.46. The highest BCUT2D eigenvalue weighted by atomic mass is 16.5. The second kappa shape index (κ2) is 8.60. The van der Waals surface area contributed by atoms with Crippen LogP contribution in [0.25, 0.3) is 0 Å². The number of nitrogens with zero attached hydrogens (tertiary/aromatic N) is 2. The zero-order valence-corrected chi connectivity index (χ0v) is 14.4. The highest BCUT2D eigenvalue weighted by molar-refractivity contribution is 5.94. The van der Waals surface area contributed by atoms with Crippen LogP contribution in [0.15, 0.2) is 48.7 Å². The molecule has 0 unspecified atom stereocenters. The topological polar surface area (TPSA) is 63.7 Å². The summed E-state index contributed by atoms with van der Waals surface area (Å²) in [7, 11) is 0. The molecule has 0 bridgehead atoms. The van der Waals surface area contributed by atoms with Crippen LogP contribution < -0.4 is 10.1 Å². The smallest absolute Gasteiger partial charge is 0.251 e. The standard InChI is InChI=1S/C19H23N3O3/c1-15(14-22-9-11-24-12-10-22)21-19(23)16-7-8-20-18(13-16)25-17-5-3-2-4-6-17/h2-8,13,15H,9-12,14H2,1H3,(H,21,23)/t15-/m1/s1. The Bertz CT molecular complexity index is 687. The fourth-order valence-electron chi connectivity index (χ4n) is 2.74. The van der Waals surface area contributed by atoms with E-state index in [1.807, 2.05) is 37.3 Å². The van der Waals surface area contributed by atoms with E-state index in [0.717, 1.165) is 32.8 Å². The largest absolute Gasteiger partial charge is 0.439 e. The molecule has 2 heterocycles. The summed E-state index contributed by atoms with van der Waals surface area (Å²) in [4.78, 5) is 18.9. The van der Waals surface area contributed by atoms with E-state index in [1.165, 1.54) is 0 Å². The fourth-order valence-corrected chi connectivity index (χ4v) is 2.74. The summed E-state index contributed by atoms with van der Waals surface area (Å²) >= 11 is 0. The van der Waals surface area contributed by atoms with Crippen LogP contribution in [0.1, 0.15) is 17.3 Å². The lowest BCUT2D eigenvalue weighted by atomic mass is 10.2. The van der Waals surface area contributed by atoms with E-state index < -0.39 is 0 Å². The first-order chi connectivity index (χ1) is 12.2. The van der Waals surface area contributed by atoms with Crippen LogP contribution in [0.5, 0.6) is 11.6 Å². The molecular formula is C19H23N3O3. The number of rotatable bonds is 6. The number of hydrogen-bond donors (Lipinski definition) is 1. The predicted molar refractivity (Wildman–Crippen MR) is 94.9 cm³/mol. The Labute approximate surface area is 147 Å². The van der Waals surface area contributed by atoms with Gasteiger partial charge in [-0.1, -0.05) is 18.2 Å². The first kappa shape index (κ1) is 17.4. The van der Waals surface area contributed by atoms with Gasteiger partial charge in [0.1, 0.15) is 5.75 Å². The van der Waals surface area contributed by atoms with Crippen molar-refractivity contribution in [3.05, 3.63) is 54.2 Å². The minimum atomic E-state index is -0.124. The van der Waals surface area contributed by atoms with Crippen LogP contribution in [0.4, 0.5) is 0 Å². The maximum absolute atomic E-state index is 12.5. The van der Waals surface area contributed by atoms with Gasteiger partial charge in [-0.05, 0) is 25.1 Å². The van der Waals surface area contributed by atoms with Gasteiger partial charge in [0.15, 0.2) is 0 Å². The van der Waals surface area contributed by atoms with E-state index in [4.69, 9.17) is 9.47 Å². The summed E-state index contributed by atoms with van der Waals surface area (Å²) in [5, 5.41) is 3.03. The molecule has 1 atom stereocenters. The number of morpholine rings is 1. The molecule has 1 aliphatic heterocycles. The van der Waals surface area contributed by atoms with E-state index >= 15 is 0 Å². The second-order valence-corrected chi connectivity index (χ2v) is 6.09. The molecule has 0 radical (unpaired) electrons. The monoisotopic (exact) mass is 341 g/mol. The minimum Gasteiger partial charge on any atom is -0.439 e. The minimum absolute atomic E-state index is 0.0530. The number of nitrogens with one attached hydrogen (secondary N) is 1. The summed E-state index contributed by atoms with van der Waals surface area (Å²) in [5.74, 6) is 0.967. The summed E-state index contributed by atoms with van der Waals surface area (Å²) in [6.07, 6.45) is 1.58. The number of carbonyl (C=O) groups excluding carboxylic acids is 1. The Kier molecular flexibility index (Phi) is 5.98. The van der Waals surface area contributed by atoms with Gasteiger partial charge in [-0.15, -0.1) is 0 Å². The molecule has 132 valence electrons. The first-order valence-electron chi connectivity index (χ1n) is 8.50. The average Bonchev–Trinajstić information content (AvgIpc) is 2.63. The average molecular weight is 341 g/mol. The molecule has 1 fully saturated rings. The van der Waals surface area contributed by atoms with Crippen LogP contribution >= 0.6 is 0 Å². The van der Waals surface area contributed by atoms with Gasteiger partial charge in [-0.2, -0.15) is 0 Å². The van der Waals surface area contributed by atoms with Gasteiger partial charge in [0.25, 0.3) is 5.91 Å². The molecule has 1 N–H and O–H groups in total. The van der Waals surface area contributed by atoms with Gasteiger partial charge in [-0.3, -0.25) is 9.69 Å². The maximum Gasteiger partial charge on any atom is 0.251 e. The van der Waals surface area contributed by atoms with E-state index in [-0.39, 0.29) is 11.9 Å². The molecule has 1 amide bonds. The predicted octanol–water partition coefficient (Wildman–Crippen LogP) is 2.32. The molecule has 0 spiro atoms. The van der Waals surface area contributed by atoms with Gasteiger partial charge < -0.3 is 14.8 Å². The molecule has 1 aliphatic rings. The van der Waals surface area contributed by atoms with E-state index in [9.17, 15) is 4.79 Å². The number of amides is 1. The number of para-hydroxylation sites is 1. The lowest BCUT2D eigenvalue weighted by molar-refractivity contribution is 0.0342. The number of carbonyl (C=O) groups is 1. The third kappa shape index (κ3) is 5.27. The number of pyridine rings is 1. The molecule has 1 aromatic carbocycles. The van der Waals surface area contributed by atoms with Gasteiger partial charge >= 0.3 is 0 Å². The zero-order chi connectivity index (χ0) is 17.5. The first-order valence-corrected chi connectivity index (χ1v) is 8.50. The molecule has 6 heteroatoms. The Morgan fingerprint density at radius 3 is 2.80 bits per heavy atom. The van der Waals surface area contributed by atoms with Crippen molar-refractivity contribution in [3.8, 4) is 11.6 Å². The van der Waals surface area contributed by atoms with E-state index in [1.54, 1.807) is 18.3 Å². The third-order valence-electron chi connectivity index (χ3n) is 3.98. The maximum atomic E-state index is 12.5. The molecule has 0 saturated carbocycles. The molecule has 1 saturated heterocycles. The molecule has 25 heavy (non-hydrogen) atoms. The SMILES string of the molecule is C[C@H](CN1CCOCC1)NC(=O)c1ccnc(Oc2ccccc2)c1. The van der Waals surface area contributed by atoms with Crippen LogP contribution in [0.3, 0.4) is 0 Å². The molecule has 1 aromatic heterocycles. The quantitative estimate of drug-likeness (QED) is 0.874. The lowest BCUT2D eigenvalue weighted by Gasteiger charge is -2.29. The van der Waals surface area contributed by atoms with Gasteiger partial charge in [0.05, 0.1) is 13.2 Å². The third-order valence-corrected chi connectivity index (χ3v) is 3.98. The van der Waals surface area contributed by atoms with Crippen molar-refractivity contribution in [1.29, 1.82) is 0 Å². The van der Waals surface area contributed by atoms with Crippen molar-refractivity contribution >= 4 is 5.91 Å². The van der Waals surface area contributed by atoms with Crippen LogP contribution in [-0.2, 0) is 4.74 Å². The Hall–Kier alpha value is -2.44. The van der Waals surface area contributed by atoms with Crippen LogP contribution in [0.2, 0.25) is 0 Å². The number of aromatic nitrogens is 1. The van der Waals surface area contributed by atoms with Crippen molar-refractivity contribution in [3.63, 3.8) is 0 Å². The summed E-state index contributed by atoms with van der Waals surface area (Å²) in [6, 6.07) is 12.8. The van der Waals surface area contributed by atoms with Crippen LogP contribution in [0, 0.1) is 0 Å². The summed E-state index contributed by atoms with van der Waals surface area (Å²) in [6.45, 7) is 6.15. The zero-order valence-electron chi connectivity index (χ0n) is 14.4. The Morgan fingerprint density at radius 2 is 2.04 bits per heavy atom. The fraction of sp³-hybridized carbons (Fsp3) is 0.368. The highest BCUT2D eigenvalue weighted by Gasteiger charge is 2.16. The Morgan fingerprint density at radius 1 is 1.28 bits per heavy atom. The summed E-state index contributed by atoms with van der Waals surface area (Å²) in [5.41, 5.74) is 0.537.